The number of rotatable bonds is 54. The molecule has 0 radical (unpaired) electrons. The zero-order valence-electron chi connectivity index (χ0n) is 44.6. The highest BCUT2D eigenvalue weighted by Crippen LogP contribution is 2.19. The van der Waals surface area contributed by atoms with Gasteiger partial charge in [0.15, 0.2) is 0 Å². The van der Waals surface area contributed by atoms with Crippen molar-refractivity contribution in [2.75, 3.05) is 6.61 Å². The Kier molecular flexibility index (Phi) is 52.9. The predicted octanol–water partition coefficient (Wildman–Crippen LogP) is 18.2. The monoisotopic (exact) mass is 930 g/mol. The lowest BCUT2D eigenvalue weighted by Crippen LogP contribution is -2.46. The molecule has 0 aromatic carbocycles. The van der Waals surface area contributed by atoms with E-state index in [1.54, 1.807) is 0 Å². The second kappa shape index (κ2) is 54.3. The van der Waals surface area contributed by atoms with Crippen LogP contribution in [-0.2, 0) is 14.3 Å². The van der Waals surface area contributed by atoms with Crippen LogP contribution in [0.15, 0.2) is 24.3 Å². The molecule has 0 aliphatic rings. The molecule has 0 saturated carbocycles. The quantitative estimate of drug-likeness (QED) is 0.0321. The molecule has 0 spiro atoms. The summed E-state index contributed by atoms with van der Waals surface area (Å²) in [6.07, 6.45) is 63.9. The molecule has 0 saturated heterocycles. The topological polar surface area (TPSA) is 95.9 Å². The molecule has 0 aliphatic carbocycles. The minimum Gasteiger partial charge on any atom is -0.462 e. The van der Waals surface area contributed by atoms with E-state index in [1.807, 2.05) is 0 Å². The summed E-state index contributed by atoms with van der Waals surface area (Å²) in [5, 5.41) is 23.9. The zero-order valence-corrected chi connectivity index (χ0v) is 44.6. The number of aliphatic hydroxyl groups is 2. The van der Waals surface area contributed by atoms with E-state index in [2.05, 4.69) is 50.4 Å². The molecule has 6 heteroatoms. The molecule has 390 valence electrons. The van der Waals surface area contributed by atoms with E-state index in [-0.39, 0.29) is 24.9 Å². The Morgan fingerprint density at radius 2 is 0.758 bits per heavy atom. The fraction of sp³-hybridized carbons (Fsp3) is 0.900. The number of carbonyl (C=O) groups is 2. The second-order valence-corrected chi connectivity index (χ2v) is 20.4. The molecule has 0 rings (SSSR count). The summed E-state index contributed by atoms with van der Waals surface area (Å²) < 4.78 is 5.96. The molecular weight excluding hydrogens is 815 g/mol. The lowest BCUT2D eigenvalue weighted by atomic mass is 10.0. The largest absolute Gasteiger partial charge is 0.462 e. The minimum atomic E-state index is -0.787. The smallest absolute Gasteiger partial charge is 0.306 e. The summed E-state index contributed by atoms with van der Waals surface area (Å²) in [4.78, 5) is 26.3. The number of carbonyl (C=O) groups excluding carboxylic acids is 2. The normalized spacial score (nSPS) is 13.2. The van der Waals surface area contributed by atoms with Crippen molar-refractivity contribution in [1.29, 1.82) is 0 Å². The first kappa shape index (κ1) is 64.3. The maximum absolute atomic E-state index is 13.3. The van der Waals surface area contributed by atoms with Crippen molar-refractivity contribution in [3.05, 3.63) is 24.3 Å². The summed E-state index contributed by atoms with van der Waals surface area (Å²) in [6.45, 7) is 6.52. The van der Waals surface area contributed by atoms with E-state index < -0.39 is 18.2 Å². The number of nitrogens with one attached hydrogen (secondary N) is 1. The molecule has 0 aliphatic heterocycles. The van der Waals surface area contributed by atoms with E-state index in [0.29, 0.717) is 19.3 Å². The molecule has 3 unspecified atom stereocenters. The highest BCUT2D eigenvalue weighted by Gasteiger charge is 2.24. The van der Waals surface area contributed by atoms with Crippen molar-refractivity contribution in [2.24, 2.45) is 0 Å². The van der Waals surface area contributed by atoms with Crippen LogP contribution in [0.3, 0.4) is 0 Å². The van der Waals surface area contributed by atoms with Gasteiger partial charge < -0.3 is 20.3 Å². The van der Waals surface area contributed by atoms with E-state index in [0.717, 1.165) is 51.4 Å². The highest BCUT2D eigenvalue weighted by atomic mass is 16.5. The Balaban J connectivity index is 4.47. The van der Waals surface area contributed by atoms with Gasteiger partial charge in [-0.15, -0.1) is 0 Å². The standard InChI is InChI=1S/C60H115NO5/c1-4-7-10-13-16-19-22-25-27-29-31-33-35-38-41-44-47-50-53-60(65)66-56(51-48-45-42-39-36-24-21-18-15-12-9-6-3)54-59(64)61-57(55-62)58(63)52-49-46-43-40-37-34-32-30-28-26-23-20-17-14-11-8-5-2/h27,29,31,33,56-58,62-63H,4-26,28,30,32,34-55H2,1-3H3,(H,61,64)/b29-27+,33-31+. The lowest BCUT2D eigenvalue weighted by molar-refractivity contribution is -0.151. The van der Waals surface area contributed by atoms with Crippen LogP contribution in [0.2, 0.25) is 0 Å². The van der Waals surface area contributed by atoms with Crippen molar-refractivity contribution >= 4 is 11.9 Å². The molecule has 0 aromatic rings. The number of amides is 1. The fourth-order valence-electron chi connectivity index (χ4n) is 9.31. The van der Waals surface area contributed by atoms with Crippen LogP contribution in [-0.4, -0.2) is 46.9 Å². The van der Waals surface area contributed by atoms with Crippen molar-refractivity contribution in [2.45, 2.75) is 341 Å². The number of aliphatic hydroxyl groups excluding tert-OH is 2. The molecule has 3 atom stereocenters. The van der Waals surface area contributed by atoms with Gasteiger partial charge >= 0.3 is 5.97 Å². The van der Waals surface area contributed by atoms with Gasteiger partial charge in [-0.2, -0.15) is 0 Å². The van der Waals surface area contributed by atoms with Crippen molar-refractivity contribution < 1.29 is 24.5 Å². The van der Waals surface area contributed by atoms with Gasteiger partial charge in [-0.3, -0.25) is 9.59 Å². The van der Waals surface area contributed by atoms with Crippen molar-refractivity contribution in [3.63, 3.8) is 0 Å². The average Bonchev–Trinajstić information content (AvgIpc) is 3.31. The summed E-state index contributed by atoms with van der Waals surface area (Å²) in [6, 6.07) is -0.701. The van der Waals surface area contributed by atoms with Crippen LogP contribution in [0.25, 0.3) is 0 Å². The van der Waals surface area contributed by atoms with Crippen LogP contribution in [0.1, 0.15) is 323 Å². The Labute approximate surface area is 411 Å². The van der Waals surface area contributed by atoms with Crippen molar-refractivity contribution in [1.82, 2.24) is 5.32 Å². The van der Waals surface area contributed by atoms with Gasteiger partial charge in [0.05, 0.1) is 25.2 Å². The Hall–Kier alpha value is -1.66. The summed E-state index contributed by atoms with van der Waals surface area (Å²) in [7, 11) is 0. The number of hydrogen-bond acceptors (Lipinski definition) is 5. The molecule has 0 fully saturated rings. The third-order valence-corrected chi connectivity index (χ3v) is 13.8. The van der Waals surface area contributed by atoms with Crippen LogP contribution in [0.4, 0.5) is 0 Å². The fourth-order valence-corrected chi connectivity index (χ4v) is 9.31. The predicted molar refractivity (Wildman–Crippen MR) is 287 cm³/mol. The molecule has 66 heavy (non-hydrogen) atoms. The highest BCUT2D eigenvalue weighted by molar-refractivity contribution is 5.77. The maximum atomic E-state index is 13.3. The van der Waals surface area contributed by atoms with Crippen molar-refractivity contribution in [3.8, 4) is 0 Å². The molecule has 0 bridgehead atoms. The Morgan fingerprint density at radius 3 is 1.12 bits per heavy atom. The van der Waals surface area contributed by atoms with Gasteiger partial charge in [-0.1, -0.05) is 283 Å². The number of ether oxygens (including phenoxy) is 1. The zero-order chi connectivity index (χ0) is 48.1. The van der Waals surface area contributed by atoms with Gasteiger partial charge in [0.25, 0.3) is 0 Å². The minimum absolute atomic E-state index is 0.0773. The van der Waals surface area contributed by atoms with Gasteiger partial charge in [0, 0.05) is 6.42 Å². The molecular formula is C60H115NO5. The number of esters is 1. The van der Waals surface area contributed by atoms with Crippen LogP contribution in [0.5, 0.6) is 0 Å². The summed E-state index contributed by atoms with van der Waals surface area (Å²) in [5.41, 5.74) is 0. The van der Waals surface area contributed by atoms with Gasteiger partial charge in [-0.05, 0) is 51.4 Å². The van der Waals surface area contributed by atoms with E-state index in [9.17, 15) is 19.8 Å². The van der Waals surface area contributed by atoms with Crippen LogP contribution < -0.4 is 5.32 Å². The molecule has 3 N–H and O–H groups in total. The third-order valence-electron chi connectivity index (χ3n) is 13.8. The molecule has 0 heterocycles. The number of unbranched alkanes of at least 4 members (excludes halogenated alkanes) is 39. The van der Waals surface area contributed by atoms with Gasteiger partial charge in [-0.25, -0.2) is 0 Å². The van der Waals surface area contributed by atoms with Crippen LogP contribution >= 0.6 is 0 Å². The van der Waals surface area contributed by atoms with E-state index in [4.69, 9.17) is 4.74 Å². The SMILES string of the molecule is CCCCCCCCC/C=C/C=C/CCCCCCCC(=O)OC(CCCCCCCCCCCCCC)CC(=O)NC(CO)C(O)CCCCCCCCCCCCCCCCCCC. The summed E-state index contributed by atoms with van der Waals surface area (Å²) >= 11 is 0. The molecule has 6 nitrogen and oxygen atoms in total. The first-order valence-electron chi connectivity index (χ1n) is 29.6. The summed E-state index contributed by atoms with van der Waals surface area (Å²) in [5.74, 6) is -0.472. The number of hydrogen-bond donors (Lipinski definition) is 3. The van der Waals surface area contributed by atoms with Crippen LogP contribution in [0, 0.1) is 0 Å². The van der Waals surface area contributed by atoms with Gasteiger partial charge in [0.1, 0.15) is 6.10 Å². The lowest BCUT2D eigenvalue weighted by Gasteiger charge is -2.24. The average molecular weight is 931 g/mol. The first-order valence-corrected chi connectivity index (χ1v) is 29.6. The molecule has 0 aromatic heterocycles. The first-order chi connectivity index (χ1) is 32.5. The third kappa shape index (κ3) is 48.8. The number of allylic oxidation sites excluding steroid dienone is 4. The second-order valence-electron chi connectivity index (χ2n) is 20.4. The van der Waals surface area contributed by atoms with E-state index >= 15 is 0 Å². The Morgan fingerprint density at radius 1 is 0.439 bits per heavy atom. The maximum Gasteiger partial charge on any atom is 0.306 e. The van der Waals surface area contributed by atoms with Gasteiger partial charge in [0.2, 0.25) is 5.91 Å². The molecule has 1 amide bonds. The van der Waals surface area contributed by atoms with E-state index in [1.165, 1.54) is 225 Å². The Bertz CT molecular complexity index is 1040.